The van der Waals surface area contributed by atoms with Gasteiger partial charge in [-0.25, -0.2) is 0 Å². The highest BCUT2D eigenvalue weighted by Gasteiger charge is 2.24. The minimum atomic E-state index is 0.533. The molecule has 0 spiro atoms. The first-order valence-electron chi connectivity index (χ1n) is 8.16. The molecule has 2 aliphatic rings. The topological polar surface area (TPSA) is 37.8 Å². The van der Waals surface area contributed by atoms with Gasteiger partial charge in [0.15, 0.2) is 0 Å². The van der Waals surface area contributed by atoms with E-state index in [2.05, 4.69) is 39.0 Å². The van der Waals surface area contributed by atoms with Crippen molar-refractivity contribution in [1.82, 2.24) is 9.88 Å². The van der Waals surface area contributed by atoms with Crippen LogP contribution in [-0.2, 0) is 16.0 Å². The average molecular weight is 343 g/mol. The van der Waals surface area contributed by atoms with E-state index in [4.69, 9.17) is 9.47 Å². The molecule has 5 nitrogen and oxygen atoms in total. The number of aromatic nitrogens is 1. The van der Waals surface area contributed by atoms with Gasteiger partial charge in [0.05, 0.1) is 29.5 Å². The van der Waals surface area contributed by atoms with E-state index in [0.29, 0.717) is 6.73 Å². The first kappa shape index (κ1) is 15.9. The molecule has 1 aromatic carbocycles. The Bertz CT molecular complexity index is 719. The van der Waals surface area contributed by atoms with Crippen molar-refractivity contribution in [3.05, 3.63) is 42.2 Å². The van der Waals surface area contributed by atoms with Gasteiger partial charge >= 0.3 is 0 Å². The minimum Gasteiger partial charge on any atom is -0.379 e. The summed E-state index contributed by atoms with van der Waals surface area (Å²) < 4.78 is 10.9. The number of benzene rings is 1. The van der Waals surface area contributed by atoms with Gasteiger partial charge in [-0.2, -0.15) is 0 Å². The van der Waals surface area contributed by atoms with Crippen LogP contribution in [0.25, 0.3) is 0 Å². The highest BCUT2D eigenvalue weighted by molar-refractivity contribution is 7.99. The summed E-state index contributed by atoms with van der Waals surface area (Å²) in [6.45, 7) is 5.16. The second kappa shape index (κ2) is 7.11. The molecule has 24 heavy (non-hydrogen) atoms. The summed E-state index contributed by atoms with van der Waals surface area (Å²) in [6.07, 6.45) is 3.76. The number of fused-ring (bicyclic) bond motifs is 2. The van der Waals surface area contributed by atoms with Gasteiger partial charge in [0.25, 0.3) is 0 Å². The Morgan fingerprint density at radius 1 is 1.17 bits per heavy atom. The molecule has 0 bridgehead atoms. The number of pyridine rings is 1. The van der Waals surface area contributed by atoms with Gasteiger partial charge in [0.2, 0.25) is 0 Å². The molecule has 1 aromatic heterocycles. The Morgan fingerprint density at radius 2 is 2.04 bits per heavy atom. The minimum absolute atomic E-state index is 0.533. The van der Waals surface area contributed by atoms with Crippen LogP contribution in [0.1, 0.15) is 5.56 Å². The van der Waals surface area contributed by atoms with E-state index < -0.39 is 0 Å². The van der Waals surface area contributed by atoms with Gasteiger partial charge < -0.3 is 14.4 Å². The van der Waals surface area contributed by atoms with Crippen molar-refractivity contribution in [2.45, 2.75) is 16.3 Å². The smallest absolute Gasteiger partial charge is 0.123 e. The molecule has 0 aliphatic carbocycles. The first-order chi connectivity index (χ1) is 11.8. The summed E-state index contributed by atoms with van der Waals surface area (Å²) >= 11 is 1.77. The molecule has 0 amide bonds. The lowest BCUT2D eigenvalue weighted by atomic mass is 10.1. The van der Waals surface area contributed by atoms with E-state index in [1.807, 2.05) is 12.4 Å². The molecule has 1 fully saturated rings. The Hall–Kier alpha value is -1.60. The predicted molar refractivity (Wildman–Crippen MR) is 94.9 cm³/mol. The molecule has 2 aromatic rings. The molecule has 0 atom stereocenters. The van der Waals surface area contributed by atoms with E-state index in [9.17, 15) is 0 Å². The van der Waals surface area contributed by atoms with Crippen LogP contribution in [0.2, 0.25) is 0 Å². The molecule has 2 aliphatic heterocycles. The maximum atomic E-state index is 5.45. The van der Waals surface area contributed by atoms with Crippen LogP contribution in [-0.4, -0.2) is 50.0 Å². The zero-order valence-electron chi connectivity index (χ0n) is 13.8. The lowest BCUT2D eigenvalue weighted by molar-refractivity contribution is 0.0342. The zero-order chi connectivity index (χ0) is 16.4. The summed E-state index contributed by atoms with van der Waals surface area (Å²) in [7, 11) is 1.74. The molecular formula is C18H21N3O2S. The van der Waals surface area contributed by atoms with Gasteiger partial charge in [-0.3, -0.25) is 9.88 Å². The highest BCUT2D eigenvalue weighted by atomic mass is 32.2. The third-order valence-corrected chi connectivity index (χ3v) is 5.46. The fourth-order valence-electron chi connectivity index (χ4n) is 3.17. The number of morpholine rings is 1. The summed E-state index contributed by atoms with van der Waals surface area (Å²) in [6, 6.07) is 8.79. The molecule has 126 valence electrons. The number of nitrogens with zero attached hydrogens (tertiary/aromatic N) is 3. The van der Waals surface area contributed by atoms with Crippen molar-refractivity contribution in [2.24, 2.45) is 0 Å². The molecule has 0 radical (unpaired) electrons. The highest BCUT2D eigenvalue weighted by Crippen LogP contribution is 2.47. The Kier molecular flexibility index (Phi) is 4.71. The summed E-state index contributed by atoms with van der Waals surface area (Å²) in [5.41, 5.74) is 3.70. The average Bonchev–Trinajstić information content (AvgIpc) is 2.63. The standard InChI is InChI=1S/C18H21N3O2S/c1-22-13-21-15-4-5-19-11-18(15)24-17-3-2-14(10-16(17)21)12-20-6-8-23-9-7-20/h2-5,10-11H,6-9,12-13H2,1H3. The van der Waals surface area contributed by atoms with Gasteiger partial charge in [-0.1, -0.05) is 17.8 Å². The first-order valence-corrected chi connectivity index (χ1v) is 8.98. The van der Waals surface area contributed by atoms with E-state index in [1.165, 1.54) is 21.0 Å². The van der Waals surface area contributed by atoms with E-state index >= 15 is 0 Å². The van der Waals surface area contributed by atoms with Crippen molar-refractivity contribution >= 4 is 23.1 Å². The predicted octanol–water partition coefficient (Wildman–Crippen LogP) is 3.12. The van der Waals surface area contributed by atoms with Crippen LogP contribution in [0.4, 0.5) is 11.4 Å². The van der Waals surface area contributed by atoms with Crippen molar-refractivity contribution < 1.29 is 9.47 Å². The van der Waals surface area contributed by atoms with E-state index in [-0.39, 0.29) is 0 Å². The van der Waals surface area contributed by atoms with Crippen LogP contribution in [0.15, 0.2) is 46.5 Å². The van der Waals surface area contributed by atoms with Crippen molar-refractivity contribution in [3.63, 3.8) is 0 Å². The molecule has 0 unspecified atom stereocenters. The van der Waals surface area contributed by atoms with Gasteiger partial charge in [0, 0.05) is 44.0 Å². The number of hydrogen-bond acceptors (Lipinski definition) is 6. The van der Waals surface area contributed by atoms with Crippen LogP contribution in [0, 0.1) is 0 Å². The quantitative estimate of drug-likeness (QED) is 0.849. The fraction of sp³-hybridized carbons (Fsp3) is 0.389. The van der Waals surface area contributed by atoms with Crippen LogP contribution >= 0.6 is 11.8 Å². The summed E-state index contributed by atoms with van der Waals surface area (Å²) in [4.78, 5) is 11.3. The normalized spacial score (nSPS) is 17.5. The van der Waals surface area contributed by atoms with Gasteiger partial charge in [0.1, 0.15) is 6.73 Å². The molecule has 0 saturated carbocycles. The molecular weight excluding hydrogens is 322 g/mol. The monoisotopic (exact) mass is 343 g/mol. The van der Waals surface area contributed by atoms with E-state index in [0.717, 1.165) is 38.5 Å². The number of ether oxygens (including phenoxy) is 2. The van der Waals surface area contributed by atoms with Crippen LogP contribution in [0.5, 0.6) is 0 Å². The van der Waals surface area contributed by atoms with Crippen molar-refractivity contribution in [2.75, 3.05) is 45.0 Å². The Balaban J connectivity index is 1.64. The number of hydrogen-bond donors (Lipinski definition) is 0. The van der Waals surface area contributed by atoms with Crippen molar-refractivity contribution in [1.29, 1.82) is 0 Å². The van der Waals surface area contributed by atoms with Gasteiger partial charge in [-0.15, -0.1) is 0 Å². The molecule has 3 heterocycles. The maximum Gasteiger partial charge on any atom is 0.123 e. The molecule has 0 N–H and O–H groups in total. The number of methoxy groups -OCH3 is 1. The third-order valence-electron chi connectivity index (χ3n) is 4.36. The second-order valence-corrected chi connectivity index (χ2v) is 7.07. The van der Waals surface area contributed by atoms with E-state index in [1.54, 1.807) is 18.9 Å². The summed E-state index contributed by atoms with van der Waals surface area (Å²) in [5, 5.41) is 0. The van der Waals surface area contributed by atoms with Crippen LogP contribution < -0.4 is 4.90 Å². The Morgan fingerprint density at radius 3 is 2.88 bits per heavy atom. The van der Waals surface area contributed by atoms with Crippen molar-refractivity contribution in [3.8, 4) is 0 Å². The fourth-order valence-corrected chi connectivity index (χ4v) is 4.21. The Labute approximate surface area is 146 Å². The largest absolute Gasteiger partial charge is 0.379 e. The lowest BCUT2D eigenvalue weighted by Crippen LogP contribution is -2.35. The molecule has 6 heteroatoms. The lowest BCUT2D eigenvalue weighted by Gasteiger charge is -2.33. The number of rotatable bonds is 4. The summed E-state index contributed by atoms with van der Waals surface area (Å²) in [5.74, 6) is 0. The SMILES string of the molecule is COCN1c2ccncc2Sc2ccc(CN3CCOCC3)cc21. The molecule has 4 rings (SSSR count). The second-order valence-electron chi connectivity index (χ2n) is 5.98. The number of anilines is 2. The molecule has 1 saturated heterocycles. The van der Waals surface area contributed by atoms with Crippen LogP contribution in [0.3, 0.4) is 0 Å². The zero-order valence-corrected chi connectivity index (χ0v) is 14.6. The maximum absolute atomic E-state index is 5.45. The third kappa shape index (κ3) is 3.15. The van der Waals surface area contributed by atoms with Gasteiger partial charge in [-0.05, 0) is 23.8 Å².